The van der Waals surface area contributed by atoms with Gasteiger partial charge in [-0.1, -0.05) is 18.0 Å². The van der Waals surface area contributed by atoms with Crippen LogP contribution in [0.15, 0.2) is 34.4 Å². The molecule has 0 spiro atoms. The third-order valence-electron chi connectivity index (χ3n) is 5.32. The van der Waals surface area contributed by atoms with Crippen molar-refractivity contribution in [2.75, 3.05) is 26.3 Å². The number of carbonyl (C=O) groups excluding carboxylic acids is 3. The Morgan fingerprint density at radius 2 is 1.85 bits per heavy atom. The van der Waals surface area contributed by atoms with E-state index >= 15 is 0 Å². The molecule has 10 nitrogen and oxygen atoms in total. The number of hydrogen-bond acceptors (Lipinski definition) is 7. The molecule has 33 heavy (non-hydrogen) atoms. The lowest BCUT2D eigenvalue weighted by Gasteiger charge is -2.26. The summed E-state index contributed by atoms with van der Waals surface area (Å²) in [6.07, 6.45) is 2.52. The van der Waals surface area contributed by atoms with Crippen LogP contribution in [0.2, 0.25) is 5.02 Å². The van der Waals surface area contributed by atoms with E-state index in [0.29, 0.717) is 13.1 Å². The Morgan fingerprint density at radius 1 is 1.15 bits per heavy atom. The number of sulfonamides is 1. The van der Waals surface area contributed by atoms with Gasteiger partial charge in [-0.2, -0.15) is 4.31 Å². The average Bonchev–Trinajstić information content (AvgIpc) is 2.78. The summed E-state index contributed by atoms with van der Waals surface area (Å²) >= 11 is 6.14. The van der Waals surface area contributed by atoms with Crippen LogP contribution in [0, 0.1) is 0 Å². The zero-order chi connectivity index (χ0) is 24.2. The van der Waals surface area contributed by atoms with Crippen molar-refractivity contribution in [3.63, 3.8) is 0 Å². The number of nitrogens with one attached hydrogen (secondary N) is 2. The van der Waals surface area contributed by atoms with Crippen molar-refractivity contribution in [3.8, 4) is 0 Å². The van der Waals surface area contributed by atoms with Crippen LogP contribution in [0.25, 0.3) is 0 Å². The molecule has 2 amide bonds. The Labute approximate surface area is 197 Å². The van der Waals surface area contributed by atoms with Crippen LogP contribution >= 0.6 is 11.6 Å². The van der Waals surface area contributed by atoms with Gasteiger partial charge in [0, 0.05) is 13.1 Å². The van der Waals surface area contributed by atoms with Crippen molar-refractivity contribution in [2.45, 2.75) is 44.0 Å². The highest BCUT2D eigenvalue weighted by Crippen LogP contribution is 2.26. The van der Waals surface area contributed by atoms with Gasteiger partial charge in [0.25, 0.3) is 0 Å². The van der Waals surface area contributed by atoms with Crippen molar-refractivity contribution in [1.29, 1.82) is 0 Å². The van der Waals surface area contributed by atoms with Gasteiger partial charge in [-0.15, -0.1) is 0 Å². The maximum atomic E-state index is 12.9. The Bertz CT molecular complexity index is 1080. The highest BCUT2D eigenvalue weighted by molar-refractivity contribution is 7.89. The van der Waals surface area contributed by atoms with Gasteiger partial charge < -0.3 is 20.1 Å². The maximum Gasteiger partial charge on any atom is 0.340 e. The first kappa shape index (κ1) is 25.0. The molecule has 0 bridgehead atoms. The number of urea groups is 1. The molecular weight excluding hydrogens is 474 g/mol. The van der Waals surface area contributed by atoms with Gasteiger partial charge in [-0.05, 0) is 44.9 Å². The lowest BCUT2D eigenvalue weighted by atomic mass is 10.0. The first-order chi connectivity index (χ1) is 15.6. The minimum atomic E-state index is -3.78. The summed E-state index contributed by atoms with van der Waals surface area (Å²) in [6.45, 7) is 3.76. The molecule has 0 saturated carbocycles. The summed E-state index contributed by atoms with van der Waals surface area (Å²) in [4.78, 5) is 36.8. The molecule has 1 unspecified atom stereocenters. The molecule has 1 aromatic carbocycles. The molecule has 1 aromatic rings. The number of nitrogens with zero attached hydrogens (tertiary/aromatic N) is 1. The molecule has 1 fully saturated rings. The van der Waals surface area contributed by atoms with Gasteiger partial charge >= 0.3 is 18.0 Å². The third kappa shape index (κ3) is 5.66. The minimum Gasteiger partial charge on any atom is -0.463 e. The molecule has 12 heteroatoms. The second-order valence-corrected chi connectivity index (χ2v) is 9.96. The summed E-state index contributed by atoms with van der Waals surface area (Å²) in [5.41, 5.74) is 0.0596. The number of piperidine rings is 1. The summed E-state index contributed by atoms with van der Waals surface area (Å²) < 4.78 is 37.6. The molecule has 0 aromatic heterocycles. The van der Waals surface area contributed by atoms with Crippen LogP contribution in [0.4, 0.5) is 4.79 Å². The van der Waals surface area contributed by atoms with Crippen molar-refractivity contribution >= 4 is 39.6 Å². The fourth-order valence-corrected chi connectivity index (χ4v) is 5.42. The van der Waals surface area contributed by atoms with E-state index < -0.39 is 40.6 Å². The number of halogens is 1. The van der Waals surface area contributed by atoms with E-state index in [2.05, 4.69) is 10.6 Å². The molecule has 2 aliphatic heterocycles. The van der Waals surface area contributed by atoms with E-state index in [0.717, 1.165) is 19.3 Å². The van der Waals surface area contributed by atoms with Crippen LogP contribution in [0.1, 0.15) is 43.5 Å². The molecule has 3 rings (SSSR count). The largest absolute Gasteiger partial charge is 0.463 e. The smallest absolute Gasteiger partial charge is 0.340 e. The van der Waals surface area contributed by atoms with Gasteiger partial charge in [0.1, 0.15) is 6.61 Å². The van der Waals surface area contributed by atoms with Gasteiger partial charge in [-0.3, -0.25) is 0 Å². The number of hydrogen-bond donors (Lipinski definition) is 2. The van der Waals surface area contributed by atoms with Gasteiger partial charge in [0.15, 0.2) is 0 Å². The van der Waals surface area contributed by atoms with Crippen LogP contribution in [0.3, 0.4) is 0 Å². The average molecular weight is 500 g/mol. The van der Waals surface area contributed by atoms with E-state index in [-0.39, 0.29) is 33.4 Å². The first-order valence-electron chi connectivity index (χ1n) is 10.6. The van der Waals surface area contributed by atoms with E-state index in [1.807, 2.05) is 0 Å². The third-order valence-corrected chi connectivity index (χ3v) is 7.55. The highest BCUT2D eigenvalue weighted by atomic mass is 35.5. The molecule has 2 heterocycles. The second-order valence-electron chi connectivity index (χ2n) is 7.62. The second kappa shape index (κ2) is 10.5. The van der Waals surface area contributed by atoms with Gasteiger partial charge in [0.2, 0.25) is 10.0 Å². The number of benzene rings is 1. The molecule has 180 valence electrons. The number of ether oxygens (including phenoxy) is 2. The van der Waals surface area contributed by atoms with Crippen molar-refractivity contribution in [3.05, 3.63) is 40.1 Å². The predicted octanol–water partition coefficient (Wildman–Crippen LogP) is 2.19. The lowest BCUT2D eigenvalue weighted by Crippen LogP contribution is -2.50. The fourth-order valence-electron chi connectivity index (χ4n) is 3.68. The van der Waals surface area contributed by atoms with E-state index in [9.17, 15) is 22.8 Å². The summed E-state index contributed by atoms with van der Waals surface area (Å²) in [7, 11) is -3.78. The monoisotopic (exact) mass is 499 g/mol. The number of carbonyl (C=O) groups is 3. The normalized spacial score (nSPS) is 19.5. The first-order valence-corrected chi connectivity index (χ1v) is 12.4. The zero-order valence-corrected chi connectivity index (χ0v) is 19.9. The van der Waals surface area contributed by atoms with Crippen molar-refractivity contribution in [2.24, 2.45) is 0 Å². The zero-order valence-electron chi connectivity index (χ0n) is 18.4. The quantitative estimate of drug-likeness (QED) is 0.550. The summed E-state index contributed by atoms with van der Waals surface area (Å²) in [5.74, 6) is -1.55. The molecule has 2 N–H and O–H groups in total. The highest BCUT2D eigenvalue weighted by Gasteiger charge is 2.31. The van der Waals surface area contributed by atoms with Crippen molar-refractivity contribution in [1.82, 2.24) is 14.9 Å². The van der Waals surface area contributed by atoms with E-state index in [1.165, 1.54) is 22.5 Å². The Hall–Kier alpha value is -2.63. The molecule has 0 radical (unpaired) electrons. The number of esters is 2. The Balaban J connectivity index is 1.82. The molecule has 1 saturated heterocycles. The van der Waals surface area contributed by atoms with Crippen molar-refractivity contribution < 1.29 is 32.3 Å². The Morgan fingerprint density at radius 3 is 2.52 bits per heavy atom. The standard InChI is InChI=1S/C21H26ClN3O7S/c1-3-31-20(27)18-13(2)23-21(28)24-17(18)12-32-19(26)15-11-14(7-8-16(15)22)33(29,30)25-9-5-4-6-10-25/h7-8,11,13H,3-6,9-10,12H2,1-2H3,(H2,23,24,28). The topological polar surface area (TPSA) is 131 Å². The van der Waals surface area contributed by atoms with E-state index in [4.69, 9.17) is 21.1 Å². The maximum absolute atomic E-state index is 12.9. The fraction of sp³-hybridized carbons (Fsp3) is 0.476. The van der Waals surface area contributed by atoms with Gasteiger partial charge in [-0.25, -0.2) is 22.8 Å². The number of amides is 2. The van der Waals surface area contributed by atoms with Crippen LogP contribution in [0.5, 0.6) is 0 Å². The minimum absolute atomic E-state index is 0.0138. The van der Waals surface area contributed by atoms with Crippen LogP contribution in [-0.4, -0.2) is 63.0 Å². The van der Waals surface area contributed by atoms with E-state index in [1.54, 1.807) is 13.8 Å². The Kier molecular flexibility index (Phi) is 7.98. The summed E-state index contributed by atoms with van der Waals surface area (Å²) in [6, 6.07) is 2.63. The lowest BCUT2D eigenvalue weighted by molar-refractivity contribution is -0.139. The molecule has 2 aliphatic rings. The molecular formula is C21H26ClN3O7S. The van der Waals surface area contributed by atoms with Crippen LogP contribution in [-0.2, 0) is 24.3 Å². The van der Waals surface area contributed by atoms with Gasteiger partial charge in [0.05, 0.1) is 39.4 Å². The summed E-state index contributed by atoms with van der Waals surface area (Å²) in [5, 5.41) is 5.01. The predicted molar refractivity (Wildman–Crippen MR) is 119 cm³/mol. The molecule has 0 aliphatic carbocycles. The van der Waals surface area contributed by atoms with Crippen LogP contribution < -0.4 is 10.6 Å². The molecule has 1 atom stereocenters. The number of rotatable bonds is 7. The SMILES string of the molecule is CCOC(=O)C1=C(COC(=O)c2cc(S(=O)(=O)N3CCCCC3)ccc2Cl)NC(=O)NC1C.